The van der Waals surface area contributed by atoms with E-state index in [-0.39, 0.29) is 46.2 Å². The van der Waals surface area contributed by atoms with Gasteiger partial charge in [-0.25, -0.2) is 9.59 Å². The van der Waals surface area contributed by atoms with Gasteiger partial charge in [0.15, 0.2) is 0 Å². The van der Waals surface area contributed by atoms with E-state index in [1.54, 1.807) is 24.3 Å². The van der Waals surface area contributed by atoms with E-state index in [0.717, 1.165) is 38.5 Å². The van der Waals surface area contributed by atoms with E-state index in [1.165, 1.54) is 268 Å². The van der Waals surface area contributed by atoms with Gasteiger partial charge in [-0.3, -0.25) is 0 Å². The molecule has 4 radical (unpaired) electrons. The van der Waals surface area contributed by atoms with Gasteiger partial charge in [-0.15, -0.1) is 0 Å². The number of ether oxygens (including phenoxy) is 2. The Hall–Kier alpha value is -3.40. The maximum absolute atomic E-state index is 12.0. The molecule has 0 bridgehead atoms. The fourth-order valence-corrected chi connectivity index (χ4v) is 8.64. The number of carboxylic acids is 2. The van der Waals surface area contributed by atoms with Crippen LogP contribution in [-0.4, -0.2) is 47.8 Å². The summed E-state index contributed by atoms with van der Waals surface area (Å²) >= 11 is 0. The minimum absolute atomic E-state index is 0. The van der Waals surface area contributed by atoms with E-state index < -0.39 is 23.9 Å². The van der Waals surface area contributed by atoms with Gasteiger partial charge < -0.3 is 29.3 Å². The Bertz CT molecular complexity index is 1540. The van der Waals surface area contributed by atoms with Crippen LogP contribution in [-0.2, 0) is 9.47 Å². The maximum atomic E-state index is 12.0. The van der Waals surface area contributed by atoms with Gasteiger partial charge in [0.05, 0.1) is 35.6 Å². The van der Waals surface area contributed by atoms with Gasteiger partial charge in [0, 0.05) is 11.1 Å². The molecule has 0 unspecified atom stereocenters. The first-order valence-electron chi connectivity index (χ1n) is 31.1. The van der Waals surface area contributed by atoms with E-state index in [0.29, 0.717) is 0 Å². The molecule has 0 saturated heterocycles. The predicted molar refractivity (Wildman–Crippen MR) is 324 cm³/mol. The Morgan fingerprint density at radius 1 is 0.351 bits per heavy atom. The van der Waals surface area contributed by atoms with Gasteiger partial charge in [-0.1, -0.05) is 322 Å². The molecule has 8 nitrogen and oxygen atoms in total. The van der Waals surface area contributed by atoms with Crippen LogP contribution in [0.1, 0.15) is 339 Å². The quantitative estimate of drug-likeness (QED) is 0.0277. The van der Waals surface area contributed by atoms with Crippen molar-refractivity contribution in [2.24, 2.45) is 0 Å². The molecular formula is C68H112O8Sn. The van der Waals surface area contributed by atoms with Crippen LogP contribution in [0.3, 0.4) is 0 Å². The second-order valence-corrected chi connectivity index (χ2v) is 20.5. The smallest absolute Gasteiger partial charge is 0.545 e. The molecule has 0 amide bonds. The summed E-state index contributed by atoms with van der Waals surface area (Å²) in [6.45, 7) is 16.6. The molecule has 0 aromatic heterocycles. The Balaban J connectivity index is -0.00000109. The first-order chi connectivity index (χ1) is 37.2. The largest absolute Gasteiger partial charge is 2.00 e. The van der Waals surface area contributed by atoms with E-state index in [2.05, 4.69) is 41.5 Å². The van der Waals surface area contributed by atoms with Crippen molar-refractivity contribution in [3.63, 3.8) is 0 Å². The summed E-state index contributed by atoms with van der Waals surface area (Å²) in [7, 11) is 0. The van der Waals surface area contributed by atoms with Gasteiger partial charge in [-0.2, -0.15) is 0 Å². The van der Waals surface area contributed by atoms with Crippen molar-refractivity contribution in [1.29, 1.82) is 0 Å². The third-order valence-corrected chi connectivity index (χ3v) is 13.4. The van der Waals surface area contributed by atoms with Crippen LogP contribution in [0.5, 0.6) is 0 Å². The summed E-state index contributed by atoms with van der Waals surface area (Å²) in [4.78, 5) is 46.0. The minimum atomic E-state index is -1.38. The molecule has 0 aliphatic rings. The Morgan fingerprint density at radius 3 is 0.779 bits per heavy atom. The average molecular weight is 1180 g/mol. The van der Waals surface area contributed by atoms with Gasteiger partial charge in [0.2, 0.25) is 0 Å². The zero-order valence-corrected chi connectivity index (χ0v) is 52.7. The van der Waals surface area contributed by atoms with Crippen LogP contribution in [0.2, 0.25) is 0 Å². The molecule has 0 saturated carbocycles. The Kier molecular flexibility index (Phi) is 64.1. The number of esters is 2. The van der Waals surface area contributed by atoms with Crippen molar-refractivity contribution in [2.75, 3.05) is 0 Å². The molecule has 436 valence electrons. The molecule has 2 aromatic rings. The molecule has 0 N–H and O–H groups in total. The molecule has 0 fully saturated rings. The van der Waals surface area contributed by atoms with Crippen LogP contribution >= 0.6 is 0 Å². The second kappa shape index (κ2) is 63.4. The van der Waals surface area contributed by atoms with E-state index in [9.17, 15) is 29.4 Å². The van der Waals surface area contributed by atoms with Crippen molar-refractivity contribution in [3.05, 3.63) is 109 Å². The fraction of sp³-hybridized carbons (Fsp3) is 0.676. The Morgan fingerprint density at radius 2 is 0.558 bits per heavy atom. The molecule has 2 rings (SSSR count). The SMILES string of the molecule is CCCCCCCCCCCCCCCC/C=C/OC(=O)c1ccccc1C(=O)[O-].CCCCCCCCCCCCCCCC/C=C/OC(=O)c1ccccc1C(=O)[O-].[CH2]CCCCCCC.[CH2]CCCCCCC.[Sn+2]. The fourth-order valence-electron chi connectivity index (χ4n) is 8.64. The average Bonchev–Trinajstić information content (AvgIpc) is 3.43. The topological polar surface area (TPSA) is 133 Å². The van der Waals surface area contributed by atoms with Gasteiger partial charge in [-0.05, 0) is 50.0 Å². The van der Waals surface area contributed by atoms with E-state index in [1.807, 2.05) is 12.2 Å². The van der Waals surface area contributed by atoms with Gasteiger partial charge >= 0.3 is 35.8 Å². The van der Waals surface area contributed by atoms with Crippen LogP contribution < -0.4 is 10.2 Å². The van der Waals surface area contributed by atoms with Crippen LogP contribution in [0.4, 0.5) is 0 Å². The van der Waals surface area contributed by atoms with Crippen LogP contribution in [0.25, 0.3) is 0 Å². The number of benzene rings is 2. The summed E-state index contributed by atoms with van der Waals surface area (Å²) in [6.07, 6.45) is 61.2. The number of rotatable bonds is 46. The van der Waals surface area contributed by atoms with Gasteiger partial charge in [0.1, 0.15) is 0 Å². The van der Waals surface area contributed by atoms with Crippen molar-refractivity contribution >= 4 is 47.8 Å². The third kappa shape index (κ3) is 53.0. The number of carbonyl (C=O) groups is 4. The molecule has 0 heterocycles. The number of carboxylic acid groups (broad SMARTS) is 2. The number of hydrogen-bond donors (Lipinski definition) is 0. The molecule has 0 aliphatic carbocycles. The first kappa shape index (κ1) is 77.8. The van der Waals surface area contributed by atoms with Gasteiger partial charge in [0.25, 0.3) is 0 Å². The molecule has 2 aromatic carbocycles. The van der Waals surface area contributed by atoms with Crippen molar-refractivity contribution in [2.45, 2.75) is 297 Å². The number of aromatic carboxylic acids is 2. The van der Waals surface area contributed by atoms with Crippen LogP contribution in [0, 0.1) is 13.8 Å². The maximum Gasteiger partial charge on any atom is 2.00 e. The zero-order chi connectivity index (χ0) is 56.2. The monoisotopic (exact) mass is 1180 g/mol. The summed E-state index contributed by atoms with van der Waals surface area (Å²) in [5.74, 6) is -4.11. The molecular weight excluding hydrogens is 1060 g/mol. The van der Waals surface area contributed by atoms with Crippen LogP contribution in [0.15, 0.2) is 73.2 Å². The summed E-state index contributed by atoms with van der Waals surface area (Å²) in [5, 5.41) is 22.0. The van der Waals surface area contributed by atoms with E-state index in [4.69, 9.17) is 9.47 Å². The van der Waals surface area contributed by atoms with Crippen molar-refractivity contribution in [1.82, 2.24) is 0 Å². The molecule has 77 heavy (non-hydrogen) atoms. The minimum Gasteiger partial charge on any atom is -0.545 e. The molecule has 0 spiro atoms. The number of hydrogen-bond acceptors (Lipinski definition) is 8. The number of unbranched alkanes of at least 4 members (excludes halogenated alkanes) is 38. The number of allylic oxidation sites excluding steroid dienone is 2. The molecule has 0 atom stereocenters. The van der Waals surface area contributed by atoms with E-state index >= 15 is 0 Å². The van der Waals surface area contributed by atoms with Crippen molar-refractivity contribution in [3.8, 4) is 0 Å². The summed E-state index contributed by atoms with van der Waals surface area (Å²) in [6, 6.07) is 11.8. The second-order valence-electron chi connectivity index (χ2n) is 20.5. The third-order valence-electron chi connectivity index (χ3n) is 13.4. The number of carbonyl (C=O) groups excluding carboxylic acids is 4. The Labute approximate surface area is 490 Å². The zero-order valence-electron chi connectivity index (χ0n) is 49.8. The summed E-state index contributed by atoms with van der Waals surface area (Å²) < 4.78 is 10.1. The standard InChI is InChI=1S/2C26H40O4.2C8H17.Sn/c2*1-2-3-4-5-6-7-8-9-10-11-12-13-14-15-16-19-22-30-26(29)24-21-18-17-20-23(24)25(27)28;2*1-3-5-7-8-6-4-2;/h2*17-22H,2-16H2,1H3,(H,27,28);2*1,3-8H2,2H3;/q;;;;+2/p-2/b2*22-19+;;;. The first-order valence-corrected chi connectivity index (χ1v) is 31.1. The summed E-state index contributed by atoms with van der Waals surface area (Å²) in [5.41, 5.74) is -0.275. The molecule has 9 heteroatoms. The molecule has 0 aliphatic heterocycles. The predicted octanol–water partition coefficient (Wildman–Crippen LogP) is 19.2. The van der Waals surface area contributed by atoms with Crippen molar-refractivity contribution < 1.29 is 38.9 Å². The normalized spacial score (nSPS) is 10.7.